The van der Waals surface area contributed by atoms with Gasteiger partial charge in [-0.25, -0.2) is 13.1 Å². The molecule has 0 radical (unpaired) electrons. The van der Waals surface area contributed by atoms with Crippen molar-refractivity contribution in [1.29, 1.82) is 0 Å². The van der Waals surface area contributed by atoms with Crippen molar-refractivity contribution in [3.8, 4) is 0 Å². The van der Waals surface area contributed by atoms with Crippen LogP contribution in [0.25, 0.3) is 0 Å². The number of nitrogens with zero attached hydrogens (tertiary/aromatic N) is 1. The van der Waals surface area contributed by atoms with Crippen molar-refractivity contribution in [2.75, 3.05) is 20.6 Å². The minimum absolute atomic E-state index is 0.207. The average molecular weight is 324 g/mol. The first-order valence-corrected chi connectivity index (χ1v) is 9.18. The van der Waals surface area contributed by atoms with E-state index in [0.29, 0.717) is 5.92 Å². The molecule has 1 aromatic carbocycles. The van der Waals surface area contributed by atoms with E-state index in [1.165, 1.54) is 42.6 Å². The molecule has 122 valence electrons. The first kappa shape index (κ1) is 17.0. The van der Waals surface area contributed by atoms with Gasteiger partial charge in [-0.2, -0.15) is 0 Å². The SMILES string of the molecule is CN(C)C(=O)CNS(=O)(=O)c1ccc(C2CCCCC2)cc1. The maximum atomic E-state index is 12.2. The summed E-state index contributed by atoms with van der Waals surface area (Å²) in [5.41, 5.74) is 1.21. The number of amides is 1. The van der Waals surface area contributed by atoms with Crippen LogP contribution in [0, 0.1) is 0 Å². The zero-order chi connectivity index (χ0) is 16.2. The Morgan fingerprint density at radius 3 is 2.27 bits per heavy atom. The molecular weight excluding hydrogens is 300 g/mol. The molecule has 0 atom stereocenters. The molecule has 1 N–H and O–H groups in total. The first-order valence-electron chi connectivity index (χ1n) is 7.70. The first-order chi connectivity index (χ1) is 10.4. The van der Waals surface area contributed by atoms with Gasteiger partial charge in [-0.05, 0) is 36.5 Å². The normalized spacial score (nSPS) is 16.5. The average Bonchev–Trinajstić information content (AvgIpc) is 2.53. The highest BCUT2D eigenvalue weighted by atomic mass is 32.2. The Labute approximate surface area is 132 Å². The van der Waals surface area contributed by atoms with Crippen LogP contribution in [0.4, 0.5) is 0 Å². The van der Waals surface area contributed by atoms with Gasteiger partial charge < -0.3 is 4.90 Å². The highest BCUT2D eigenvalue weighted by molar-refractivity contribution is 7.89. The molecule has 2 rings (SSSR count). The number of sulfonamides is 1. The Hall–Kier alpha value is -1.40. The lowest BCUT2D eigenvalue weighted by Gasteiger charge is -2.22. The number of carbonyl (C=O) groups excluding carboxylic acids is 1. The van der Waals surface area contributed by atoms with Gasteiger partial charge in [-0.3, -0.25) is 4.79 Å². The van der Waals surface area contributed by atoms with Gasteiger partial charge >= 0.3 is 0 Å². The predicted octanol–water partition coefficient (Wildman–Crippen LogP) is 2.10. The molecule has 1 aromatic rings. The summed E-state index contributed by atoms with van der Waals surface area (Å²) in [5.74, 6) is 0.274. The summed E-state index contributed by atoms with van der Waals surface area (Å²) in [6.07, 6.45) is 6.16. The van der Waals surface area contributed by atoms with Crippen LogP contribution in [0.2, 0.25) is 0 Å². The molecule has 0 aliphatic heterocycles. The molecule has 0 bridgehead atoms. The fraction of sp³-hybridized carbons (Fsp3) is 0.562. The van der Waals surface area contributed by atoms with Gasteiger partial charge in [0.15, 0.2) is 0 Å². The van der Waals surface area contributed by atoms with Crippen molar-refractivity contribution < 1.29 is 13.2 Å². The minimum Gasteiger partial charge on any atom is -0.348 e. The van der Waals surface area contributed by atoms with Gasteiger partial charge in [0.1, 0.15) is 0 Å². The standard InChI is InChI=1S/C16H24N2O3S/c1-18(2)16(19)12-17-22(20,21)15-10-8-14(9-11-15)13-6-4-3-5-7-13/h8-11,13,17H,3-7,12H2,1-2H3. The summed E-state index contributed by atoms with van der Waals surface area (Å²) in [6.45, 7) is -0.223. The largest absolute Gasteiger partial charge is 0.348 e. The number of likely N-dealkylation sites (N-methyl/N-ethyl adjacent to an activating group) is 1. The van der Waals surface area contributed by atoms with Gasteiger partial charge in [0.2, 0.25) is 15.9 Å². The minimum atomic E-state index is -3.63. The van der Waals surface area contributed by atoms with E-state index in [-0.39, 0.29) is 17.3 Å². The molecule has 1 aliphatic rings. The van der Waals surface area contributed by atoms with Crippen LogP contribution in [-0.2, 0) is 14.8 Å². The van der Waals surface area contributed by atoms with Gasteiger partial charge in [0.05, 0.1) is 11.4 Å². The molecule has 1 amide bonds. The number of rotatable bonds is 5. The van der Waals surface area contributed by atoms with Gasteiger partial charge in [0.25, 0.3) is 0 Å². The third kappa shape index (κ3) is 4.30. The van der Waals surface area contributed by atoms with Crippen LogP contribution in [-0.4, -0.2) is 39.9 Å². The second-order valence-electron chi connectivity index (χ2n) is 6.02. The van der Waals surface area contributed by atoms with Crippen molar-refractivity contribution >= 4 is 15.9 Å². The third-order valence-electron chi connectivity index (χ3n) is 4.18. The fourth-order valence-corrected chi connectivity index (χ4v) is 3.73. The van der Waals surface area contributed by atoms with E-state index in [1.54, 1.807) is 26.2 Å². The molecule has 0 heterocycles. The van der Waals surface area contributed by atoms with E-state index in [2.05, 4.69) is 4.72 Å². The lowest BCUT2D eigenvalue weighted by atomic mass is 9.84. The van der Waals surface area contributed by atoms with Crippen LogP contribution in [0.3, 0.4) is 0 Å². The number of hydrogen-bond acceptors (Lipinski definition) is 3. The molecule has 0 unspecified atom stereocenters. The van der Waals surface area contributed by atoms with Crippen LogP contribution < -0.4 is 4.72 Å². The molecular formula is C16H24N2O3S. The quantitative estimate of drug-likeness (QED) is 0.902. The number of carbonyl (C=O) groups is 1. The highest BCUT2D eigenvalue weighted by Crippen LogP contribution is 2.32. The van der Waals surface area contributed by atoms with E-state index >= 15 is 0 Å². The Balaban J connectivity index is 2.03. The number of nitrogens with one attached hydrogen (secondary N) is 1. The van der Waals surface area contributed by atoms with Crippen LogP contribution in [0.1, 0.15) is 43.6 Å². The molecule has 0 saturated heterocycles. The van der Waals surface area contributed by atoms with E-state index in [4.69, 9.17) is 0 Å². The molecule has 5 nitrogen and oxygen atoms in total. The monoisotopic (exact) mass is 324 g/mol. The van der Waals surface area contributed by atoms with E-state index in [1.807, 2.05) is 12.1 Å². The third-order valence-corrected chi connectivity index (χ3v) is 5.60. The van der Waals surface area contributed by atoms with E-state index < -0.39 is 10.0 Å². The summed E-state index contributed by atoms with van der Waals surface area (Å²) < 4.78 is 26.7. The second-order valence-corrected chi connectivity index (χ2v) is 7.78. The summed E-state index contributed by atoms with van der Waals surface area (Å²) in [5, 5.41) is 0. The Morgan fingerprint density at radius 2 is 1.73 bits per heavy atom. The Kier molecular flexibility index (Phi) is 5.58. The highest BCUT2D eigenvalue weighted by Gasteiger charge is 2.19. The maximum Gasteiger partial charge on any atom is 0.241 e. The maximum absolute atomic E-state index is 12.2. The number of benzene rings is 1. The van der Waals surface area contributed by atoms with Crippen molar-refractivity contribution in [2.24, 2.45) is 0 Å². The molecule has 1 aliphatic carbocycles. The summed E-state index contributed by atoms with van der Waals surface area (Å²) >= 11 is 0. The molecule has 0 aromatic heterocycles. The molecule has 6 heteroatoms. The zero-order valence-corrected chi connectivity index (χ0v) is 14.0. The van der Waals surface area contributed by atoms with Gasteiger partial charge in [-0.15, -0.1) is 0 Å². The molecule has 1 saturated carbocycles. The molecule has 22 heavy (non-hydrogen) atoms. The van der Waals surface area contributed by atoms with Gasteiger partial charge in [-0.1, -0.05) is 31.4 Å². The molecule has 1 fully saturated rings. The Bertz CT molecular complexity index is 603. The lowest BCUT2D eigenvalue weighted by molar-refractivity contribution is -0.127. The second kappa shape index (κ2) is 7.24. The van der Waals surface area contributed by atoms with E-state index in [9.17, 15) is 13.2 Å². The van der Waals surface area contributed by atoms with Crippen LogP contribution in [0.5, 0.6) is 0 Å². The summed E-state index contributed by atoms with van der Waals surface area (Å²) in [4.78, 5) is 13.0. The summed E-state index contributed by atoms with van der Waals surface area (Å²) in [7, 11) is -0.448. The lowest BCUT2D eigenvalue weighted by Crippen LogP contribution is -2.36. The summed E-state index contributed by atoms with van der Waals surface area (Å²) in [6, 6.07) is 7.06. The van der Waals surface area contributed by atoms with Crippen molar-refractivity contribution in [3.05, 3.63) is 29.8 Å². The number of hydrogen-bond donors (Lipinski definition) is 1. The van der Waals surface area contributed by atoms with Crippen molar-refractivity contribution in [2.45, 2.75) is 42.9 Å². The van der Waals surface area contributed by atoms with Gasteiger partial charge in [0, 0.05) is 14.1 Å². The van der Waals surface area contributed by atoms with Crippen molar-refractivity contribution in [1.82, 2.24) is 9.62 Å². The smallest absolute Gasteiger partial charge is 0.241 e. The van der Waals surface area contributed by atoms with Crippen molar-refractivity contribution in [3.63, 3.8) is 0 Å². The fourth-order valence-electron chi connectivity index (χ4n) is 2.75. The predicted molar refractivity (Wildman–Crippen MR) is 86.2 cm³/mol. The van der Waals surface area contributed by atoms with E-state index in [0.717, 1.165) is 0 Å². The zero-order valence-electron chi connectivity index (χ0n) is 13.2. The Morgan fingerprint density at radius 1 is 1.14 bits per heavy atom. The van der Waals surface area contributed by atoms with Crippen LogP contribution in [0.15, 0.2) is 29.2 Å². The topological polar surface area (TPSA) is 66.5 Å². The van der Waals surface area contributed by atoms with Crippen LogP contribution >= 0.6 is 0 Å². The molecule has 0 spiro atoms.